The monoisotopic (exact) mass is 295 g/mol. The summed E-state index contributed by atoms with van der Waals surface area (Å²) >= 11 is 0. The van der Waals surface area contributed by atoms with E-state index in [0.29, 0.717) is 0 Å². The molecule has 3 nitrogen and oxygen atoms in total. The highest BCUT2D eigenvalue weighted by Gasteiger charge is 2.22. The Hall–Kier alpha value is -1.74. The molecule has 3 heteroatoms. The molecule has 1 aromatic heterocycles. The van der Waals surface area contributed by atoms with E-state index in [-0.39, 0.29) is 5.41 Å². The van der Waals surface area contributed by atoms with Crippen LogP contribution < -0.4 is 0 Å². The molecule has 0 atom stereocenters. The molecule has 1 aromatic carbocycles. The molecular formula is C19H25N3. The van der Waals surface area contributed by atoms with Gasteiger partial charge >= 0.3 is 0 Å². The summed E-state index contributed by atoms with van der Waals surface area (Å²) in [6, 6.07) is 8.83. The molecule has 0 radical (unpaired) electrons. The lowest BCUT2D eigenvalue weighted by Crippen LogP contribution is -2.32. The van der Waals surface area contributed by atoms with Gasteiger partial charge in [-0.15, -0.1) is 0 Å². The summed E-state index contributed by atoms with van der Waals surface area (Å²) in [4.78, 5) is 11.9. The molecule has 0 unspecified atom stereocenters. The Labute approximate surface area is 133 Å². The molecule has 2 heterocycles. The van der Waals surface area contributed by atoms with E-state index in [1.165, 1.54) is 22.4 Å². The highest BCUT2D eigenvalue weighted by molar-refractivity contribution is 5.24. The van der Waals surface area contributed by atoms with Gasteiger partial charge in [-0.1, -0.05) is 50.6 Å². The molecule has 0 amide bonds. The maximum Gasteiger partial charge on any atom is 0.133 e. The van der Waals surface area contributed by atoms with Gasteiger partial charge in [0.15, 0.2) is 0 Å². The van der Waals surface area contributed by atoms with E-state index in [1.54, 1.807) is 0 Å². The van der Waals surface area contributed by atoms with Crippen LogP contribution in [0.15, 0.2) is 30.5 Å². The molecule has 0 saturated carbocycles. The zero-order valence-corrected chi connectivity index (χ0v) is 14.1. The molecule has 1 aliphatic heterocycles. The quantitative estimate of drug-likeness (QED) is 0.847. The first-order valence-electron chi connectivity index (χ1n) is 8.05. The summed E-state index contributed by atoms with van der Waals surface area (Å²) in [5.41, 5.74) is 5.22. The average Bonchev–Trinajstić information content (AvgIpc) is 2.48. The van der Waals surface area contributed by atoms with Gasteiger partial charge in [-0.25, -0.2) is 9.97 Å². The first-order valence-corrected chi connectivity index (χ1v) is 8.05. The summed E-state index contributed by atoms with van der Waals surface area (Å²) in [7, 11) is 0. The van der Waals surface area contributed by atoms with E-state index >= 15 is 0 Å². The zero-order chi connectivity index (χ0) is 15.7. The van der Waals surface area contributed by atoms with Crippen molar-refractivity contribution < 1.29 is 0 Å². The van der Waals surface area contributed by atoms with Crippen LogP contribution >= 0.6 is 0 Å². The summed E-state index contributed by atoms with van der Waals surface area (Å²) < 4.78 is 0. The number of hydrogen-bond acceptors (Lipinski definition) is 3. The van der Waals surface area contributed by atoms with Crippen molar-refractivity contribution in [2.24, 2.45) is 0 Å². The third-order valence-electron chi connectivity index (χ3n) is 4.22. The van der Waals surface area contributed by atoms with E-state index in [2.05, 4.69) is 61.8 Å². The molecule has 22 heavy (non-hydrogen) atoms. The number of fused-ring (bicyclic) bond motifs is 1. The van der Waals surface area contributed by atoms with Crippen LogP contribution in [0.1, 0.15) is 49.0 Å². The largest absolute Gasteiger partial charge is 0.293 e. The number of aryl methyl sites for hydroxylation is 1. The zero-order valence-electron chi connectivity index (χ0n) is 14.1. The van der Waals surface area contributed by atoms with Crippen LogP contribution in [0.3, 0.4) is 0 Å². The van der Waals surface area contributed by atoms with Crippen LogP contribution in [0.2, 0.25) is 0 Å². The van der Waals surface area contributed by atoms with E-state index in [4.69, 9.17) is 4.98 Å². The van der Waals surface area contributed by atoms with Crippen molar-refractivity contribution in [1.29, 1.82) is 0 Å². The van der Waals surface area contributed by atoms with Crippen LogP contribution in [-0.2, 0) is 24.9 Å². The SMILES string of the molecule is Cc1ccc(CN2CCc3cnc(C(C)(C)C)nc3C2)cc1. The van der Waals surface area contributed by atoms with E-state index < -0.39 is 0 Å². The first-order chi connectivity index (χ1) is 10.4. The summed E-state index contributed by atoms with van der Waals surface area (Å²) in [5.74, 6) is 0.948. The maximum atomic E-state index is 4.84. The standard InChI is InChI=1S/C19H25N3/c1-14-5-7-15(8-6-14)12-22-10-9-16-11-20-18(19(2,3)4)21-17(16)13-22/h5-8,11H,9-10,12-13H2,1-4H3. The predicted molar refractivity (Wildman–Crippen MR) is 89.7 cm³/mol. The second kappa shape index (κ2) is 5.81. The van der Waals surface area contributed by atoms with Gasteiger partial charge in [0, 0.05) is 31.2 Å². The van der Waals surface area contributed by atoms with Gasteiger partial charge in [-0.2, -0.15) is 0 Å². The lowest BCUT2D eigenvalue weighted by atomic mass is 9.95. The molecule has 0 bridgehead atoms. The van der Waals surface area contributed by atoms with Crippen LogP contribution in [0.5, 0.6) is 0 Å². The molecule has 0 fully saturated rings. The van der Waals surface area contributed by atoms with Crippen molar-refractivity contribution in [2.45, 2.75) is 52.6 Å². The first kappa shape index (κ1) is 15.2. The molecule has 2 aromatic rings. The average molecular weight is 295 g/mol. The minimum absolute atomic E-state index is 0.00820. The van der Waals surface area contributed by atoms with Crippen LogP contribution in [0, 0.1) is 6.92 Å². The predicted octanol–water partition coefficient (Wildman–Crippen LogP) is 3.64. The molecule has 0 spiro atoms. The maximum absolute atomic E-state index is 4.84. The minimum atomic E-state index is 0.00820. The molecule has 0 N–H and O–H groups in total. The van der Waals surface area contributed by atoms with Gasteiger partial charge in [0.25, 0.3) is 0 Å². The van der Waals surface area contributed by atoms with Crippen molar-refractivity contribution in [3.8, 4) is 0 Å². The smallest absolute Gasteiger partial charge is 0.133 e. The summed E-state index contributed by atoms with van der Waals surface area (Å²) in [6.45, 7) is 11.6. The molecule has 1 aliphatic rings. The van der Waals surface area contributed by atoms with Gasteiger partial charge in [-0.05, 0) is 24.5 Å². The Morgan fingerprint density at radius 2 is 1.86 bits per heavy atom. The molecule has 116 valence electrons. The fourth-order valence-electron chi connectivity index (χ4n) is 2.81. The number of benzene rings is 1. The van der Waals surface area contributed by atoms with Gasteiger partial charge in [0.05, 0.1) is 5.69 Å². The van der Waals surface area contributed by atoms with Gasteiger partial charge in [-0.3, -0.25) is 4.90 Å². The molecule has 0 saturated heterocycles. The minimum Gasteiger partial charge on any atom is -0.293 e. The molecule has 3 rings (SSSR count). The van der Waals surface area contributed by atoms with Crippen molar-refractivity contribution in [3.63, 3.8) is 0 Å². The highest BCUT2D eigenvalue weighted by atomic mass is 15.1. The van der Waals surface area contributed by atoms with Crippen LogP contribution in [0.25, 0.3) is 0 Å². The Balaban J connectivity index is 1.76. The van der Waals surface area contributed by atoms with E-state index in [1.807, 2.05) is 6.20 Å². The van der Waals surface area contributed by atoms with Crippen LogP contribution in [0.4, 0.5) is 0 Å². The third-order valence-corrected chi connectivity index (χ3v) is 4.22. The Morgan fingerprint density at radius 3 is 2.55 bits per heavy atom. The van der Waals surface area contributed by atoms with Crippen molar-refractivity contribution >= 4 is 0 Å². The van der Waals surface area contributed by atoms with Gasteiger partial charge in [0.1, 0.15) is 5.82 Å². The second-order valence-corrected chi connectivity index (χ2v) is 7.36. The van der Waals surface area contributed by atoms with Gasteiger partial charge in [0.2, 0.25) is 0 Å². The van der Waals surface area contributed by atoms with Gasteiger partial charge < -0.3 is 0 Å². The van der Waals surface area contributed by atoms with Crippen LogP contribution in [-0.4, -0.2) is 21.4 Å². The fourth-order valence-corrected chi connectivity index (χ4v) is 2.81. The second-order valence-electron chi connectivity index (χ2n) is 7.36. The fraction of sp³-hybridized carbons (Fsp3) is 0.474. The van der Waals surface area contributed by atoms with Crippen molar-refractivity contribution in [1.82, 2.24) is 14.9 Å². The Kier molecular flexibility index (Phi) is 4.00. The van der Waals surface area contributed by atoms with Crippen molar-refractivity contribution in [2.75, 3.05) is 6.54 Å². The van der Waals surface area contributed by atoms with E-state index in [9.17, 15) is 0 Å². The van der Waals surface area contributed by atoms with Crippen molar-refractivity contribution in [3.05, 3.63) is 58.7 Å². The number of hydrogen-bond donors (Lipinski definition) is 0. The topological polar surface area (TPSA) is 29.0 Å². The number of aromatic nitrogens is 2. The summed E-state index contributed by atoms with van der Waals surface area (Å²) in [5, 5.41) is 0. The highest BCUT2D eigenvalue weighted by Crippen LogP contribution is 2.23. The third kappa shape index (κ3) is 3.36. The normalized spacial score (nSPS) is 15.6. The Bertz CT molecular complexity index is 653. The lowest BCUT2D eigenvalue weighted by Gasteiger charge is -2.29. The molecule has 0 aliphatic carbocycles. The molecular weight excluding hydrogens is 270 g/mol. The summed E-state index contributed by atoms with van der Waals surface area (Å²) in [6.07, 6.45) is 3.08. The Morgan fingerprint density at radius 1 is 1.14 bits per heavy atom. The lowest BCUT2D eigenvalue weighted by molar-refractivity contribution is 0.240. The number of nitrogens with zero attached hydrogens (tertiary/aromatic N) is 3. The van der Waals surface area contributed by atoms with E-state index in [0.717, 1.165) is 31.9 Å². The number of rotatable bonds is 2.